The Morgan fingerprint density at radius 2 is 1.77 bits per heavy atom. The molecule has 31 heavy (non-hydrogen) atoms. The highest BCUT2D eigenvalue weighted by Crippen LogP contribution is 2.38. The third kappa shape index (κ3) is 4.14. The number of aryl methyl sites for hydroxylation is 1. The Morgan fingerprint density at radius 3 is 2.58 bits per heavy atom. The highest BCUT2D eigenvalue weighted by molar-refractivity contribution is 5.83. The normalized spacial score (nSPS) is 14.8. The Hall–Kier alpha value is -3.31. The minimum atomic E-state index is 0.555. The predicted molar refractivity (Wildman–Crippen MR) is 127 cm³/mol. The smallest absolute Gasteiger partial charge is 0.144 e. The number of aromatic amines is 1. The van der Waals surface area contributed by atoms with Crippen LogP contribution < -0.4 is 9.64 Å². The molecule has 4 aromatic rings. The summed E-state index contributed by atoms with van der Waals surface area (Å²) in [5.74, 6) is 0.942. The fourth-order valence-electron chi connectivity index (χ4n) is 4.29. The van der Waals surface area contributed by atoms with Crippen molar-refractivity contribution in [2.45, 2.75) is 13.5 Å². The number of nitrogens with one attached hydrogen (secondary N) is 1. The van der Waals surface area contributed by atoms with Crippen LogP contribution in [0, 0.1) is 6.92 Å². The summed E-state index contributed by atoms with van der Waals surface area (Å²) in [5.41, 5.74) is 6.77. The lowest BCUT2D eigenvalue weighted by Gasteiger charge is -2.36. The molecule has 158 valence electrons. The molecule has 0 radical (unpaired) electrons. The molecule has 1 fully saturated rings. The van der Waals surface area contributed by atoms with Gasteiger partial charge >= 0.3 is 0 Å². The molecule has 0 amide bonds. The first-order chi connectivity index (χ1) is 15.2. The highest BCUT2D eigenvalue weighted by Gasteiger charge is 2.21. The number of piperazine rings is 1. The minimum Gasteiger partial charge on any atom is -0.487 e. The first-order valence-electron chi connectivity index (χ1n) is 10.9. The maximum Gasteiger partial charge on any atom is 0.144 e. The summed E-state index contributed by atoms with van der Waals surface area (Å²) >= 11 is 0. The third-order valence-corrected chi connectivity index (χ3v) is 6.06. The molecule has 1 aliphatic rings. The quantitative estimate of drug-likeness (QED) is 0.508. The van der Waals surface area contributed by atoms with Gasteiger partial charge in [-0.3, -0.25) is 0 Å². The van der Waals surface area contributed by atoms with Gasteiger partial charge in [-0.2, -0.15) is 0 Å². The van der Waals surface area contributed by atoms with Gasteiger partial charge in [0.1, 0.15) is 18.0 Å². The van der Waals surface area contributed by atoms with Gasteiger partial charge in [0, 0.05) is 49.5 Å². The van der Waals surface area contributed by atoms with Crippen molar-refractivity contribution < 1.29 is 4.74 Å². The van der Waals surface area contributed by atoms with Crippen LogP contribution in [0.5, 0.6) is 5.75 Å². The van der Waals surface area contributed by atoms with Gasteiger partial charge in [0.2, 0.25) is 0 Å². The number of rotatable bonds is 5. The number of nitrogens with zero attached hydrogens (tertiary/aromatic N) is 3. The summed E-state index contributed by atoms with van der Waals surface area (Å²) in [6.07, 6.45) is 3.86. The number of hydrogen-bond acceptors (Lipinski definition) is 4. The first-order valence-corrected chi connectivity index (χ1v) is 10.9. The van der Waals surface area contributed by atoms with E-state index in [1.807, 2.05) is 18.5 Å². The number of fused-ring (bicyclic) bond motifs is 1. The molecule has 1 N–H and O–H groups in total. The van der Waals surface area contributed by atoms with E-state index in [-0.39, 0.29) is 0 Å². The average molecular weight is 413 g/mol. The number of pyridine rings is 1. The first kappa shape index (κ1) is 19.6. The molecule has 2 aromatic heterocycles. The zero-order chi connectivity index (χ0) is 21.2. The summed E-state index contributed by atoms with van der Waals surface area (Å²) in [6.45, 7) is 6.89. The number of anilines is 1. The number of likely N-dealkylation sites (N-methyl/N-ethyl adjacent to an activating group) is 1. The molecule has 1 saturated heterocycles. The van der Waals surface area contributed by atoms with Crippen LogP contribution in [0.2, 0.25) is 0 Å². The lowest BCUT2D eigenvalue weighted by Crippen LogP contribution is -2.44. The summed E-state index contributed by atoms with van der Waals surface area (Å²) in [6, 6.07) is 19.0. The van der Waals surface area contributed by atoms with E-state index in [2.05, 4.69) is 82.3 Å². The van der Waals surface area contributed by atoms with E-state index in [9.17, 15) is 0 Å². The third-order valence-electron chi connectivity index (χ3n) is 6.06. The number of ether oxygens (including phenoxy) is 1. The fourth-order valence-corrected chi connectivity index (χ4v) is 4.29. The lowest BCUT2D eigenvalue weighted by molar-refractivity contribution is 0.296. The van der Waals surface area contributed by atoms with Gasteiger partial charge < -0.3 is 19.5 Å². The van der Waals surface area contributed by atoms with Crippen molar-refractivity contribution in [3.63, 3.8) is 0 Å². The Bertz CT molecular complexity index is 1180. The van der Waals surface area contributed by atoms with Crippen molar-refractivity contribution in [1.29, 1.82) is 0 Å². The molecular formula is C26H28N4O. The van der Waals surface area contributed by atoms with E-state index in [0.717, 1.165) is 54.1 Å². The van der Waals surface area contributed by atoms with Crippen LogP contribution in [0.3, 0.4) is 0 Å². The van der Waals surface area contributed by atoms with E-state index in [0.29, 0.717) is 6.61 Å². The maximum atomic E-state index is 6.44. The second-order valence-electron chi connectivity index (χ2n) is 8.34. The molecule has 0 saturated carbocycles. The zero-order valence-corrected chi connectivity index (χ0v) is 18.1. The van der Waals surface area contributed by atoms with E-state index in [1.54, 1.807) is 0 Å². The van der Waals surface area contributed by atoms with Gasteiger partial charge in [0.05, 0.1) is 5.69 Å². The van der Waals surface area contributed by atoms with Gasteiger partial charge in [0.15, 0.2) is 0 Å². The van der Waals surface area contributed by atoms with Gasteiger partial charge in [-0.1, -0.05) is 30.3 Å². The topological polar surface area (TPSA) is 44.4 Å². The Kier molecular flexibility index (Phi) is 5.35. The number of aromatic nitrogens is 2. The Labute approximate surface area is 183 Å². The maximum absolute atomic E-state index is 6.44. The summed E-state index contributed by atoms with van der Waals surface area (Å²) in [7, 11) is 2.18. The van der Waals surface area contributed by atoms with Gasteiger partial charge in [0.25, 0.3) is 0 Å². The van der Waals surface area contributed by atoms with Gasteiger partial charge in [-0.05, 0) is 54.9 Å². The van der Waals surface area contributed by atoms with Crippen molar-refractivity contribution in [3.8, 4) is 16.9 Å². The van der Waals surface area contributed by atoms with Crippen molar-refractivity contribution >= 4 is 16.7 Å². The average Bonchev–Trinajstić information content (AvgIpc) is 3.27. The lowest BCUT2D eigenvalue weighted by atomic mass is 10.0. The number of benzene rings is 2. The molecule has 1 aliphatic heterocycles. The fraction of sp³-hybridized carbons (Fsp3) is 0.269. The SMILES string of the molecule is Cc1cc(-c2cnc3[nH]ccc3c2)cc(OCc2ccccc2)c1N1CCN(C)CC1. The van der Waals surface area contributed by atoms with Crippen molar-refractivity contribution in [1.82, 2.24) is 14.9 Å². The molecular weight excluding hydrogens is 384 g/mol. The van der Waals surface area contributed by atoms with Crippen LogP contribution in [0.1, 0.15) is 11.1 Å². The van der Waals surface area contributed by atoms with E-state index in [1.165, 1.54) is 16.8 Å². The number of H-pyrrole nitrogens is 1. The van der Waals surface area contributed by atoms with Crippen LogP contribution in [0.15, 0.2) is 67.0 Å². The Balaban J connectivity index is 1.53. The molecule has 0 aliphatic carbocycles. The van der Waals surface area contributed by atoms with Crippen LogP contribution in [0.4, 0.5) is 5.69 Å². The molecule has 5 heteroatoms. The highest BCUT2D eigenvalue weighted by atomic mass is 16.5. The van der Waals surface area contributed by atoms with Crippen LogP contribution >= 0.6 is 0 Å². The van der Waals surface area contributed by atoms with Crippen molar-refractivity contribution in [2.75, 3.05) is 38.1 Å². The molecule has 0 unspecified atom stereocenters. The molecule has 0 bridgehead atoms. The molecule has 3 heterocycles. The van der Waals surface area contributed by atoms with Gasteiger partial charge in [-0.25, -0.2) is 4.98 Å². The van der Waals surface area contributed by atoms with Crippen molar-refractivity contribution in [2.24, 2.45) is 0 Å². The summed E-state index contributed by atoms with van der Waals surface area (Å²) < 4.78 is 6.44. The number of hydrogen-bond donors (Lipinski definition) is 1. The largest absolute Gasteiger partial charge is 0.487 e. The van der Waals surface area contributed by atoms with Crippen LogP contribution in [-0.2, 0) is 6.61 Å². The molecule has 0 atom stereocenters. The second-order valence-corrected chi connectivity index (χ2v) is 8.34. The van der Waals surface area contributed by atoms with E-state index in [4.69, 9.17) is 4.74 Å². The standard InChI is InChI=1S/C26H28N4O/c1-19-14-22(23-15-21-8-9-27-26(21)28-17-23)16-24(31-18-20-6-4-3-5-7-20)25(19)30-12-10-29(2)11-13-30/h3-9,14-17H,10-13,18H2,1-2H3,(H,27,28). The predicted octanol–water partition coefficient (Wildman–Crippen LogP) is 4.87. The minimum absolute atomic E-state index is 0.555. The second kappa shape index (κ2) is 8.44. The Morgan fingerprint density at radius 1 is 0.968 bits per heavy atom. The van der Waals surface area contributed by atoms with Gasteiger partial charge in [-0.15, -0.1) is 0 Å². The summed E-state index contributed by atoms with van der Waals surface area (Å²) in [4.78, 5) is 12.6. The molecule has 2 aromatic carbocycles. The monoisotopic (exact) mass is 412 g/mol. The van der Waals surface area contributed by atoms with Crippen LogP contribution in [-0.4, -0.2) is 48.1 Å². The van der Waals surface area contributed by atoms with E-state index >= 15 is 0 Å². The van der Waals surface area contributed by atoms with E-state index < -0.39 is 0 Å². The van der Waals surface area contributed by atoms with Crippen molar-refractivity contribution in [3.05, 3.63) is 78.1 Å². The summed E-state index contributed by atoms with van der Waals surface area (Å²) in [5, 5.41) is 1.12. The molecule has 5 nitrogen and oxygen atoms in total. The molecule has 5 rings (SSSR count). The molecule has 0 spiro atoms. The zero-order valence-electron chi connectivity index (χ0n) is 18.1. The van der Waals surface area contributed by atoms with Crippen LogP contribution in [0.25, 0.3) is 22.2 Å².